The number of allylic oxidation sites excluding steroid dienone is 2. The molecule has 0 aromatic rings. The van der Waals surface area contributed by atoms with Gasteiger partial charge in [0.15, 0.2) is 12.6 Å². The number of ether oxygens (including phenoxy) is 4. The first-order valence-corrected chi connectivity index (χ1v) is 19.4. The van der Waals surface area contributed by atoms with Crippen LogP contribution in [0.1, 0.15) is 73.1 Å². The molecule has 6 fully saturated rings. The summed E-state index contributed by atoms with van der Waals surface area (Å²) in [6.07, 6.45) is -6.34. The van der Waals surface area contributed by atoms with Crippen LogP contribution in [0.15, 0.2) is 12.2 Å². The Kier molecular flexibility index (Phi) is 12.0. The minimum absolute atomic E-state index is 0.000483. The van der Waals surface area contributed by atoms with Crippen LogP contribution in [0, 0.1) is 52.3 Å². The van der Waals surface area contributed by atoms with E-state index in [4.69, 9.17) is 18.9 Å². The Balaban J connectivity index is 1.11. The van der Waals surface area contributed by atoms with Crippen molar-refractivity contribution in [2.45, 2.75) is 152 Å². The lowest BCUT2D eigenvalue weighted by Gasteiger charge is -2.66. The van der Waals surface area contributed by atoms with Crippen molar-refractivity contribution in [1.29, 1.82) is 0 Å². The van der Waals surface area contributed by atoms with E-state index in [1.807, 2.05) is 20.8 Å². The molecule has 300 valence electrons. The predicted octanol–water partition coefficient (Wildman–Crippen LogP) is -0.583. The summed E-state index contributed by atoms with van der Waals surface area (Å²) >= 11 is 0. The SMILES string of the molecule is C[C@H](/C=C/[C@@H](C)[C@H](C)CO[C@@H]1OC[C@@H](O)[C@H](O)[C@H]1O)[C@H]1[C@@H](O)[C@@H](O)[C@@H]2[C@]1(C)CC[C@@H]1[C@@]3(C)CC[C@H](O[C@@H]4OC[C@@H](O)[C@H](O)[C@H]4O)C[C@@H]3[C@@H](O)C[C@]12O. The second-order valence-corrected chi connectivity index (χ2v) is 17.9. The molecule has 0 aromatic heterocycles. The minimum Gasteiger partial charge on any atom is -0.393 e. The number of fused-ring (bicyclic) bond motifs is 5. The topological polar surface area (TPSA) is 239 Å². The van der Waals surface area contributed by atoms with Gasteiger partial charge in [0.05, 0.1) is 49.8 Å². The fourth-order valence-electron chi connectivity index (χ4n) is 11.6. The summed E-state index contributed by atoms with van der Waals surface area (Å²) in [6.45, 7) is 10.2. The van der Waals surface area contributed by atoms with E-state index in [9.17, 15) is 51.1 Å². The summed E-state index contributed by atoms with van der Waals surface area (Å²) in [7, 11) is 0. The molecular formula is C38H64O14. The molecule has 0 amide bonds. The van der Waals surface area contributed by atoms with E-state index in [0.29, 0.717) is 32.1 Å². The molecule has 52 heavy (non-hydrogen) atoms. The lowest BCUT2D eigenvalue weighted by Crippen LogP contribution is -2.69. The van der Waals surface area contributed by atoms with Crippen LogP contribution in [0.5, 0.6) is 0 Å². The van der Waals surface area contributed by atoms with Gasteiger partial charge in [-0.3, -0.25) is 0 Å². The number of rotatable bonds is 9. The summed E-state index contributed by atoms with van der Waals surface area (Å²) in [5.41, 5.74) is -2.51. The first kappa shape index (κ1) is 40.8. The number of hydrogen-bond donors (Lipinski definition) is 10. The van der Waals surface area contributed by atoms with Crippen LogP contribution in [0.2, 0.25) is 0 Å². The van der Waals surface area contributed by atoms with Crippen molar-refractivity contribution in [3.8, 4) is 0 Å². The maximum absolute atomic E-state index is 12.8. The molecule has 0 spiro atoms. The smallest absolute Gasteiger partial charge is 0.186 e. The van der Waals surface area contributed by atoms with E-state index in [2.05, 4.69) is 26.0 Å². The highest BCUT2D eigenvalue weighted by molar-refractivity contribution is 5.22. The van der Waals surface area contributed by atoms with Crippen molar-refractivity contribution in [1.82, 2.24) is 0 Å². The molecule has 0 aromatic carbocycles. The van der Waals surface area contributed by atoms with Gasteiger partial charge in [0.2, 0.25) is 0 Å². The van der Waals surface area contributed by atoms with E-state index in [1.165, 1.54) is 0 Å². The van der Waals surface area contributed by atoms with Crippen LogP contribution < -0.4 is 0 Å². The van der Waals surface area contributed by atoms with E-state index < -0.39 is 89.9 Å². The van der Waals surface area contributed by atoms with Crippen LogP contribution in [-0.4, -0.2) is 150 Å². The van der Waals surface area contributed by atoms with Crippen LogP contribution in [-0.2, 0) is 18.9 Å². The van der Waals surface area contributed by atoms with Gasteiger partial charge in [-0.15, -0.1) is 0 Å². The molecule has 14 heteroatoms. The van der Waals surface area contributed by atoms with Gasteiger partial charge in [-0.05, 0) is 78.4 Å². The van der Waals surface area contributed by atoms with Crippen LogP contribution in [0.4, 0.5) is 0 Å². The average Bonchev–Trinajstić information content (AvgIpc) is 3.30. The Morgan fingerprint density at radius 2 is 1.31 bits per heavy atom. The molecule has 6 aliphatic rings. The fraction of sp³-hybridized carbons (Fsp3) is 0.947. The van der Waals surface area contributed by atoms with E-state index >= 15 is 0 Å². The zero-order valence-corrected chi connectivity index (χ0v) is 31.1. The summed E-state index contributed by atoms with van der Waals surface area (Å²) in [5, 5.41) is 108. The standard InChI is InChI=1S/C38H64O14/c1-17(19(3)14-49-34-31(46)27(42)23(40)15-50-34)6-7-18(2)26-29(44)30(45)33-37(26,5)11-9-25-36(4)10-8-20(12-21(36)22(39)13-38(25,33)48)52-35-32(47)28(43)24(41)16-51-35/h6-7,17-35,39-48H,8-16H2,1-5H3/b7-6+/t17-,18-,19-,20+,21-,22+,23-,24-,25-,26+,27+,28+,29-,30-,31-,32-,33-,34-,35+,36+,37-,38+/m1/s1. The normalized spacial score (nSPS) is 54.2. The van der Waals surface area contributed by atoms with Crippen molar-refractivity contribution >= 4 is 0 Å². The second-order valence-electron chi connectivity index (χ2n) is 17.9. The third-order valence-corrected chi connectivity index (χ3v) is 14.8. The molecule has 22 atom stereocenters. The zero-order valence-electron chi connectivity index (χ0n) is 31.1. The Morgan fingerprint density at radius 3 is 1.96 bits per heavy atom. The zero-order chi connectivity index (χ0) is 38.1. The Hall–Kier alpha value is -0.820. The highest BCUT2D eigenvalue weighted by Gasteiger charge is 2.72. The third kappa shape index (κ3) is 6.95. The van der Waals surface area contributed by atoms with Crippen molar-refractivity contribution in [3.63, 3.8) is 0 Å². The highest BCUT2D eigenvalue weighted by Crippen LogP contribution is 2.70. The molecule has 2 heterocycles. The molecule has 4 aliphatic carbocycles. The van der Waals surface area contributed by atoms with Gasteiger partial charge in [0, 0.05) is 12.3 Å². The first-order chi connectivity index (χ1) is 24.3. The molecule has 2 aliphatic heterocycles. The first-order valence-electron chi connectivity index (χ1n) is 19.4. The second kappa shape index (κ2) is 15.3. The van der Waals surface area contributed by atoms with Gasteiger partial charge in [0.1, 0.15) is 36.6 Å². The average molecular weight is 745 g/mol. The maximum Gasteiger partial charge on any atom is 0.186 e. The monoisotopic (exact) mass is 744 g/mol. The summed E-state index contributed by atoms with van der Waals surface area (Å²) in [5.74, 6) is -1.60. The van der Waals surface area contributed by atoms with Gasteiger partial charge in [-0.25, -0.2) is 0 Å². The molecule has 10 N–H and O–H groups in total. The lowest BCUT2D eigenvalue weighted by molar-refractivity contribution is -0.300. The quantitative estimate of drug-likeness (QED) is 0.105. The summed E-state index contributed by atoms with van der Waals surface area (Å²) in [4.78, 5) is 0. The number of hydrogen-bond acceptors (Lipinski definition) is 14. The van der Waals surface area contributed by atoms with Gasteiger partial charge < -0.3 is 70.0 Å². The van der Waals surface area contributed by atoms with E-state index in [1.54, 1.807) is 0 Å². The van der Waals surface area contributed by atoms with Crippen LogP contribution in [0.3, 0.4) is 0 Å². The Bertz CT molecular complexity index is 1260. The van der Waals surface area contributed by atoms with Crippen molar-refractivity contribution in [2.24, 2.45) is 52.3 Å². The fourth-order valence-corrected chi connectivity index (χ4v) is 11.6. The lowest BCUT2D eigenvalue weighted by atomic mass is 9.42. The maximum atomic E-state index is 12.8. The number of aliphatic hydroxyl groups excluding tert-OH is 9. The molecule has 6 rings (SSSR count). The summed E-state index contributed by atoms with van der Waals surface area (Å²) < 4.78 is 22.7. The van der Waals surface area contributed by atoms with Crippen molar-refractivity contribution in [2.75, 3.05) is 19.8 Å². The molecule has 2 saturated heterocycles. The highest BCUT2D eigenvalue weighted by atomic mass is 16.7. The number of aliphatic hydroxyl groups is 10. The molecule has 0 bridgehead atoms. The molecule has 0 radical (unpaired) electrons. The van der Waals surface area contributed by atoms with Gasteiger partial charge in [-0.2, -0.15) is 0 Å². The van der Waals surface area contributed by atoms with Crippen LogP contribution in [0.25, 0.3) is 0 Å². The third-order valence-electron chi connectivity index (χ3n) is 14.8. The van der Waals surface area contributed by atoms with E-state index in [-0.39, 0.29) is 67.9 Å². The van der Waals surface area contributed by atoms with Gasteiger partial charge >= 0.3 is 0 Å². The largest absolute Gasteiger partial charge is 0.393 e. The van der Waals surface area contributed by atoms with Crippen molar-refractivity contribution < 1.29 is 70.0 Å². The predicted molar refractivity (Wildman–Crippen MR) is 184 cm³/mol. The summed E-state index contributed by atoms with van der Waals surface area (Å²) in [6, 6.07) is 0. The van der Waals surface area contributed by atoms with Gasteiger partial charge in [0.25, 0.3) is 0 Å². The molecule has 4 saturated carbocycles. The molecule has 0 unspecified atom stereocenters. The Morgan fingerprint density at radius 1 is 0.712 bits per heavy atom. The Labute approximate surface area is 306 Å². The molecule has 14 nitrogen and oxygen atoms in total. The molecular weight excluding hydrogens is 680 g/mol. The minimum atomic E-state index is -1.42. The van der Waals surface area contributed by atoms with Crippen molar-refractivity contribution in [3.05, 3.63) is 12.2 Å². The van der Waals surface area contributed by atoms with E-state index in [0.717, 1.165) is 0 Å². The van der Waals surface area contributed by atoms with Crippen LogP contribution >= 0.6 is 0 Å². The van der Waals surface area contributed by atoms with Gasteiger partial charge in [-0.1, -0.05) is 46.8 Å².